The molecule has 0 spiro atoms. The van der Waals surface area contributed by atoms with Gasteiger partial charge in [-0.2, -0.15) is 0 Å². The summed E-state index contributed by atoms with van der Waals surface area (Å²) in [5.41, 5.74) is 2.11. The van der Waals surface area contributed by atoms with Crippen molar-refractivity contribution in [2.45, 2.75) is 60.4 Å². The number of aromatic nitrogens is 2. The zero-order chi connectivity index (χ0) is 22.4. The first-order chi connectivity index (χ1) is 14.9. The Morgan fingerprint density at radius 2 is 1.97 bits per heavy atom. The molecule has 0 saturated heterocycles. The van der Waals surface area contributed by atoms with Gasteiger partial charge in [0.15, 0.2) is 0 Å². The van der Waals surface area contributed by atoms with E-state index in [2.05, 4.69) is 29.0 Å². The Balaban J connectivity index is 0.00000363. The Morgan fingerprint density at radius 3 is 2.66 bits per heavy atom. The molecule has 3 aromatic rings. The fourth-order valence-corrected chi connectivity index (χ4v) is 3.82. The summed E-state index contributed by atoms with van der Waals surface area (Å²) in [6.45, 7) is 8.53. The highest BCUT2D eigenvalue weighted by Crippen LogP contribution is 2.30. The molecule has 174 valence electrons. The molecule has 3 heterocycles. The van der Waals surface area contributed by atoms with Gasteiger partial charge >= 0.3 is 0 Å². The highest BCUT2D eigenvalue weighted by atomic mass is 16.3. The van der Waals surface area contributed by atoms with Crippen LogP contribution in [0.5, 0.6) is 0 Å². The number of unbranched alkanes of at least 4 members (excludes halogenated alkanes) is 2. The molecule has 0 aliphatic carbocycles. The second kappa shape index (κ2) is 11.6. The van der Waals surface area contributed by atoms with Crippen LogP contribution in [0.1, 0.15) is 59.6 Å². The van der Waals surface area contributed by atoms with Gasteiger partial charge in [-0.25, -0.2) is 4.98 Å². The number of anilines is 1. The molecule has 32 heavy (non-hydrogen) atoms. The van der Waals surface area contributed by atoms with E-state index >= 15 is 0 Å². The highest BCUT2D eigenvalue weighted by molar-refractivity contribution is 5.93. The summed E-state index contributed by atoms with van der Waals surface area (Å²) in [4.78, 5) is 30.8. The van der Waals surface area contributed by atoms with Gasteiger partial charge in [0.25, 0.3) is 5.56 Å². The third-order valence-electron chi connectivity index (χ3n) is 5.27. The van der Waals surface area contributed by atoms with E-state index in [1.165, 1.54) is 19.8 Å². The summed E-state index contributed by atoms with van der Waals surface area (Å²) in [6.07, 6.45) is 8.04. The number of fused-ring (bicyclic) bond motifs is 1. The van der Waals surface area contributed by atoms with Crippen molar-refractivity contribution in [2.24, 2.45) is 7.05 Å². The van der Waals surface area contributed by atoms with E-state index < -0.39 is 0 Å². The number of carbonyl (C=O) groups excluding carboxylic acids is 1. The minimum absolute atomic E-state index is 0. The van der Waals surface area contributed by atoms with Gasteiger partial charge in [-0.3, -0.25) is 14.5 Å². The molecule has 0 radical (unpaired) electrons. The van der Waals surface area contributed by atoms with Gasteiger partial charge in [-0.15, -0.1) is 0 Å². The Morgan fingerprint density at radius 1 is 1.19 bits per heavy atom. The molecule has 0 saturated carbocycles. The number of pyridine rings is 2. The molecule has 0 aromatic carbocycles. The number of nitrogens with one attached hydrogen (secondary N) is 1. The van der Waals surface area contributed by atoms with Crippen molar-refractivity contribution in [1.29, 1.82) is 0 Å². The number of furan rings is 1. The summed E-state index contributed by atoms with van der Waals surface area (Å²) < 4.78 is 7.80. The van der Waals surface area contributed by atoms with Crippen molar-refractivity contribution in [3.05, 3.63) is 46.7 Å². The number of aryl methyl sites for hydroxylation is 1. The largest absolute Gasteiger partial charge is 0.459 e. The molecule has 0 unspecified atom stereocenters. The van der Waals surface area contributed by atoms with E-state index in [9.17, 15) is 9.59 Å². The summed E-state index contributed by atoms with van der Waals surface area (Å²) in [5, 5.41) is 3.27. The van der Waals surface area contributed by atoms with Crippen LogP contribution in [-0.2, 0) is 18.4 Å². The van der Waals surface area contributed by atoms with Crippen LogP contribution in [0.2, 0.25) is 0 Å². The summed E-state index contributed by atoms with van der Waals surface area (Å²) in [6, 6.07) is 5.51. The van der Waals surface area contributed by atoms with Crippen molar-refractivity contribution in [1.82, 2.24) is 14.5 Å². The Labute approximate surface area is 190 Å². The standard InChI is InChI=1S/C24H32N4O3.CH4/c1-5-7-8-12-28(11-6-2)15-19-14-20-23(31-19)21(16-27(4)24(20)30)18-9-10-25-22(13-18)26-17(3)29;/h9-10,13-14,16H,5-8,11-12,15H2,1-4H3,(H,25,26,29);1H4. The zero-order valence-corrected chi connectivity index (χ0v) is 18.9. The van der Waals surface area contributed by atoms with Crippen molar-refractivity contribution < 1.29 is 9.21 Å². The van der Waals surface area contributed by atoms with E-state index in [-0.39, 0.29) is 18.9 Å². The second-order valence-corrected chi connectivity index (χ2v) is 8.01. The molecule has 0 aliphatic rings. The van der Waals surface area contributed by atoms with Crippen LogP contribution < -0.4 is 10.9 Å². The number of hydrogen-bond acceptors (Lipinski definition) is 5. The minimum Gasteiger partial charge on any atom is -0.459 e. The highest BCUT2D eigenvalue weighted by Gasteiger charge is 2.17. The van der Waals surface area contributed by atoms with Crippen LogP contribution in [-0.4, -0.2) is 33.4 Å². The molecule has 0 atom stereocenters. The molecular formula is C25H36N4O3. The number of amides is 1. The van der Waals surface area contributed by atoms with Crippen molar-refractivity contribution in [3.63, 3.8) is 0 Å². The molecule has 0 aliphatic heterocycles. The molecule has 0 fully saturated rings. The van der Waals surface area contributed by atoms with Crippen LogP contribution in [0, 0.1) is 0 Å². The Bertz CT molecular complexity index is 1100. The molecule has 3 rings (SSSR count). The monoisotopic (exact) mass is 440 g/mol. The van der Waals surface area contributed by atoms with Gasteiger partial charge in [0.1, 0.15) is 17.2 Å². The molecule has 7 heteroatoms. The number of carbonyl (C=O) groups is 1. The van der Waals surface area contributed by atoms with Crippen LogP contribution in [0.25, 0.3) is 22.1 Å². The van der Waals surface area contributed by atoms with Crippen molar-refractivity contribution in [2.75, 3.05) is 18.4 Å². The number of rotatable bonds is 10. The maximum absolute atomic E-state index is 12.8. The van der Waals surface area contributed by atoms with E-state index in [0.29, 0.717) is 23.3 Å². The van der Waals surface area contributed by atoms with Crippen LogP contribution in [0.15, 0.2) is 39.8 Å². The van der Waals surface area contributed by atoms with Gasteiger partial charge in [0.2, 0.25) is 5.91 Å². The van der Waals surface area contributed by atoms with Gasteiger partial charge in [0, 0.05) is 31.9 Å². The lowest BCUT2D eigenvalue weighted by atomic mass is 10.1. The van der Waals surface area contributed by atoms with E-state index in [4.69, 9.17) is 4.42 Å². The second-order valence-electron chi connectivity index (χ2n) is 8.01. The molecule has 1 N–H and O–H groups in total. The van der Waals surface area contributed by atoms with Gasteiger partial charge < -0.3 is 14.3 Å². The molecule has 1 amide bonds. The minimum atomic E-state index is -0.186. The van der Waals surface area contributed by atoms with E-state index in [0.717, 1.165) is 42.8 Å². The molecular weight excluding hydrogens is 404 g/mol. The zero-order valence-electron chi connectivity index (χ0n) is 18.9. The maximum atomic E-state index is 12.8. The maximum Gasteiger partial charge on any atom is 0.261 e. The molecule has 3 aromatic heterocycles. The normalized spacial score (nSPS) is 11.0. The fourth-order valence-electron chi connectivity index (χ4n) is 3.82. The van der Waals surface area contributed by atoms with Gasteiger partial charge in [0.05, 0.1) is 11.9 Å². The first-order valence-electron chi connectivity index (χ1n) is 11.0. The van der Waals surface area contributed by atoms with Crippen LogP contribution in [0.4, 0.5) is 5.82 Å². The molecule has 0 bridgehead atoms. The lowest BCUT2D eigenvalue weighted by Gasteiger charge is -2.20. The lowest BCUT2D eigenvalue weighted by Crippen LogP contribution is -2.25. The molecule has 7 nitrogen and oxygen atoms in total. The first-order valence-corrected chi connectivity index (χ1v) is 11.0. The average molecular weight is 441 g/mol. The van der Waals surface area contributed by atoms with Gasteiger partial charge in [-0.05, 0) is 49.7 Å². The Kier molecular flexibility index (Phi) is 9.20. The Hall–Kier alpha value is -2.93. The summed E-state index contributed by atoms with van der Waals surface area (Å²) in [5.74, 6) is 1.07. The van der Waals surface area contributed by atoms with Gasteiger partial charge in [-0.1, -0.05) is 34.1 Å². The smallest absolute Gasteiger partial charge is 0.261 e. The van der Waals surface area contributed by atoms with Crippen LogP contribution >= 0.6 is 0 Å². The predicted molar refractivity (Wildman–Crippen MR) is 131 cm³/mol. The summed E-state index contributed by atoms with van der Waals surface area (Å²) in [7, 11) is 1.74. The lowest BCUT2D eigenvalue weighted by molar-refractivity contribution is -0.114. The topological polar surface area (TPSA) is 80.4 Å². The van der Waals surface area contributed by atoms with E-state index in [1.807, 2.05) is 12.1 Å². The summed E-state index contributed by atoms with van der Waals surface area (Å²) >= 11 is 0. The van der Waals surface area contributed by atoms with Crippen LogP contribution in [0.3, 0.4) is 0 Å². The number of hydrogen-bond donors (Lipinski definition) is 1. The third-order valence-corrected chi connectivity index (χ3v) is 5.27. The first kappa shape index (κ1) is 25.3. The average Bonchev–Trinajstić information content (AvgIpc) is 3.14. The quantitative estimate of drug-likeness (QED) is 0.439. The fraction of sp³-hybridized carbons (Fsp3) is 0.480. The third kappa shape index (κ3) is 6.07. The van der Waals surface area contributed by atoms with Crippen molar-refractivity contribution >= 4 is 22.7 Å². The SMILES string of the molecule is C.CCCCCN(CCC)Cc1cc2c(=O)n(C)cc(-c3ccnc(NC(C)=O)c3)c2o1. The van der Waals surface area contributed by atoms with Crippen molar-refractivity contribution in [3.8, 4) is 11.1 Å². The van der Waals surface area contributed by atoms with E-state index in [1.54, 1.807) is 30.1 Å². The number of nitrogens with zero attached hydrogens (tertiary/aromatic N) is 3. The predicted octanol–water partition coefficient (Wildman–Crippen LogP) is 5.19.